The van der Waals surface area contributed by atoms with Gasteiger partial charge >= 0.3 is 5.92 Å². The summed E-state index contributed by atoms with van der Waals surface area (Å²) in [7, 11) is -2.77. The highest BCUT2D eigenvalue weighted by Crippen LogP contribution is 2.43. The van der Waals surface area contributed by atoms with Crippen LogP contribution in [-0.4, -0.2) is 36.4 Å². The summed E-state index contributed by atoms with van der Waals surface area (Å²) in [6.45, 7) is 1.17. The molecule has 2 heterocycles. The van der Waals surface area contributed by atoms with Crippen LogP contribution in [0.5, 0.6) is 5.88 Å². The summed E-state index contributed by atoms with van der Waals surface area (Å²) in [5.41, 5.74) is -0.563. The van der Waals surface area contributed by atoms with Crippen LogP contribution in [-0.2, 0) is 10.9 Å². The molecule has 0 aliphatic carbocycles. The Kier molecular flexibility index (Phi) is 4.37. The SMILES string of the molecule is C#CC(F)(F)C1(COc2cc(C)nn2-c2ccc(N[SH](=O)=O)cc2)N=N1. The second kappa shape index (κ2) is 6.38. The fourth-order valence-corrected chi connectivity index (χ4v) is 2.53. The van der Waals surface area contributed by atoms with Gasteiger partial charge in [-0.1, -0.05) is 0 Å². The van der Waals surface area contributed by atoms with Gasteiger partial charge in [-0.2, -0.15) is 13.9 Å². The molecule has 0 fully saturated rings. The van der Waals surface area contributed by atoms with E-state index in [1.807, 2.05) is 0 Å². The number of alkyl halides is 2. The lowest BCUT2D eigenvalue weighted by Crippen LogP contribution is -2.41. The molecular weight excluding hydrogens is 368 g/mol. The van der Waals surface area contributed by atoms with E-state index >= 15 is 0 Å². The number of benzene rings is 1. The Morgan fingerprint density at radius 2 is 2.00 bits per heavy atom. The van der Waals surface area contributed by atoms with E-state index in [-0.39, 0.29) is 5.88 Å². The maximum Gasteiger partial charge on any atom is 0.359 e. The van der Waals surface area contributed by atoms with E-state index in [9.17, 15) is 17.2 Å². The molecule has 0 bridgehead atoms. The Bertz CT molecular complexity index is 962. The van der Waals surface area contributed by atoms with Crippen molar-refractivity contribution in [3.63, 3.8) is 0 Å². The molecule has 1 aliphatic rings. The molecular formula is C15H13F2N5O3S. The van der Waals surface area contributed by atoms with Crippen molar-refractivity contribution in [3.8, 4) is 23.9 Å². The van der Waals surface area contributed by atoms with Crippen LogP contribution in [0.2, 0.25) is 0 Å². The van der Waals surface area contributed by atoms with Gasteiger partial charge in [-0.05, 0) is 37.1 Å². The highest BCUT2D eigenvalue weighted by molar-refractivity contribution is 7.73. The third-order valence-corrected chi connectivity index (χ3v) is 4.02. The van der Waals surface area contributed by atoms with Gasteiger partial charge in [0.1, 0.15) is 6.61 Å². The molecule has 3 rings (SSSR count). The average Bonchev–Trinajstić information content (AvgIpc) is 3.31. The first kappa shape index (κ1) is 17.8. The van der Waals surface area contributed by atoms with E-state index in [0.29, 0.717) is 17.1 Å². The number of thiol groups is 1. The average molecular weight is 381 g/mol. The van der Waals surface area contributed by atoms with E-state index < -0.39 is 29.1 Å². The van der Waals surface area contributed by atoms with Crippen LogP contribution in [0.3, 0.4) is 0 Å². The third-order valence-electron chi connectivity index (χ3n) is 3.58. The van der Waals surface area contributed by atoms with Gasteiger partial charge in [-0.25, -0.2) is 13.1 Å². The third kappa shape index (κ3) is 3.36. The molecule has 136 valence electrons. The Morgan fingerprint density at radius 1 is 1.35 bits per heavy atom. The topological polar surface area (TPSA) is 97.9 Å². The summed E-state index contributed by atoms with van der Waals surface area (Å²) in [6.07, 6.45) is 4.83. The number of anilines is 1. The van der Waals surface area contributed by atoms with E-state index in [0.717, 1.165) is 0 Å². The summed E-state index contributed by atoms with van der Waals surface area (Å²) in [5.74, 6) is -1.98. The quantitative estimate of drug-likeness (QED) is 0.566. The normalized spacial score (nSPS) is 14.9. The lowest BCUT2D eigenvalue weighted by atomic mass is 10.1. The molecule has 0 saturated heterocycles. The first-order valence-corrected chi connectivity index (χ1v) is 8.45. The van der Waals surface area contributed by atoms with Crippen LogP contribution in [0.4, 0.5) is 14.5 Å². The smallest absolute Gasteiger partial charge is 0.359 e. The van der Waals surface area contributed by atoms with E-state index in [2.05, 4.69) is 20.0 Å². The number of halogens is 2. The lowest BCUT2D eigenvalue weighted by Gasteiger charge is -2.17. The molecule has 8 nitrogen and oxygen atoms in total. The molecule has 1 aromatic heterocycles. The second-order valence-electron chi connectivity index (χ2n) is 5.48. The first-order chi connectivity index (χ1) is 12.3. The van der Waals surface area contributed by atoms with Crippen molar-refractivity contribution in [2.75, 3.05) is 11.3 Å². The molecule has 26 heavy (non-hydrogen) atoms. The number of nitrogens with one attached hydrogen (secondary N) is 1. The van der Waals surface area contributed by atoms with E-state index in [4.69, 9.17) is 11.2 Å². The zero-order chi connectivity index (χ0) is 18.9. The maximum absolute atomic E-state index is 13.7. The van der Waals surface area contributed by atoms with Crippen LogP contribution in [0.25, 0.3) is 5.69 Å². The Hall–Kier alpha value is -3.00. The van der Waals surface area contributed by atoms with Crippen molar-refractivity contribution in [1.82, 2.24) is 9.78 Å². The molecule has 0 atom stereocenters. The summed E-state index contributed by atoms with van der Waals surface area (Å²) in [4.78, 5) is 0. The Labute approximate surface area is 149 Å². The minimum Gasteiger partial charge on any atom is -0.472 e. The molecule has 1 N–H and O–H groups in total. The largest absolute Gasteiger partial charge is 0.472 e. The van der Waals surface area contributed by atoms with E-state index in [1.165, 1.54) is 22.7 Å². The van der Waals surface area contributed by atoms with Gasteiger partial charge in [0, 0.05) is 11.8 Å². The Balaban J connectivity index is 1.80. The van der Waals surface area contributed by atoms with Crippen LogP contribution < -0.4 is 9.46 Å². The molecule has 0 unspecified atom stereocenters. The van der Waals surface area contributed by atoms with Crippen molar-refractivity contribution in [2.45, 2.75) is 18.5 Å². The van der Waals surface area contributed by atoms with Gasteiger partial charge < -0.3 is 4.74 Å². The predicted octanol–water partition coefficient (Wildman–Crippen LogP) is 1.93. The minimum absolute atomic E-state index is 0.197. The van der Waals surface area contributed by atoms with Crippen LogP contribution in [0.1, 0.15) is 5.69 Å². The summed E-state index contributed by atoms with van der Waals surface area (Å²) in [5, 5.41) is 10.9. The van der Waals surface area contributed by atoms with Crippen LogP contribution in [0.15, 0.2) is 40.6 Å². The molecule has 11 heteroatoms. The zero-order valence-electron chi connectivity index (χ0n) is 13.4. The number of aryl methyl sites for hydroxylation is 1. The van der Waals surface area contributed by atoms with Gasteiger partial charge in [0.25, 0.3) is 5.66 Å². The van der Waals surface area contributed by atoms with Crippen molar-refractivity contribution in [2.24, 2.45) is 10.2 Å². The first-order valence-electron chi connectivity index (χ1n) is 7.27. The summed E-state index contributed by atoms with van der Waals surface area (Å²) >= 11 is 0. The fourth-order valence-electron chi connectivity index (χ4n) is 2.17. The van der Waals surface area contributed by atoms with Crippen molar-refractivity contribution < 1.29 is 21.9 Å². The van der Waals surface area contributed by atoms with Crippen molar-refractivity contribution in [3.05, 3.63) is 36.0 Å². The molecule has 1 aliphatic heterocycles. The number of hydrogen-bond acceptors (Lipinski definition) is 6. The van der Waals surface area contributed by atoms with Gasteiger partial charge in [0.05, 0.1) is 11.4 Å². The predicted molar refractivity (Wildman–Crippen MR) is 89.1 cm³/mol. The van der Waals surface area contributed by atoms with Crippen LogP contribution >= 0.6 is 0 Å². The number of aromatic nitrogens is 2. The minimum atomic E-state index is -3.55. The highest BCUT2D eigenvalue weighted by atomic mass is 32.2. The molecule has 1 aromatic carbocycles. The second-order valence-corrected chi connectivity index (χ2v) is 6.21. The number of ether oxygens (including phenoxy) is 1. The fraction of sp³-hybridized carbons (Fsp3) is 0.267. The van der Waals surface area contributed by atoms with Crippen LogP contribution in [0, 0.1) is 19.3 Å². The number of terminal acetylenes is 1. The van der Waals surface area contributed by atoms with Crippen molar-refractivity contribution >= 4 is 16.6 Å². The highest BCUT2D eigenvalue weighted by Gasteiger charge is 2.62. The molecule has 0 radical (unpaired) electrons. The van der Waals surface area contributed by atoms with Gasteiger partial charge in [-0.3, -0.25) is 4.72 Å². The standard InChI is InChI=1S/C15H13F2N5O3S/c1-3-14(16,17)15(20-21-15)9-25-13-8-10(2)18-22(13)12-6-4-11(5-7-12)19-26(23)24/h1,4-8,26H,9H2,2H3,(H,19,23,24). The maximum atomic E-state index is 13.7. The Morgan fingerprint density at radius 3 is 2.54 bits per heavy atom. The van der Waals surface area contributed by atoms with Gasteiger partial charge in [0.2, 0.25) is 16.8 Å². The number of nitrogens with zero attached hydrogens (tertiary/aromatic N) is 4. The zero-order valence-corrected chi connectivity index (χ0v) is 14.3. The monoisotopic (exact) mass is 381 g/mol. The molecule has 2 aromatic rings. The van der Waals surface area contributed by atoms with Gasteiger partial charge in [0.15, 0.2) is 0 Å². The number of hydrogen-bond donors (Lipinski definition) is 2. The molecule has 0 spiro atoms. The molecule has 0 amide bonds. The number of rotatable bonds is 7. The van der Waals surface area contributed by atoms with Gasteiger partial charge in [-0.15, -0.1) is 16.7 Å². The molecule has 0 saturated carbocycles. The van der Waals surface area contributed by atoms with E-state index in [1.54, 1.807) is 25.1 Å². The van der Waals surface area contributed by atoms with Crippen molar-refractivity contribution in [1.29, 1.82) is 0 Å². The summed E-state index contributed by atoms with van der Waals surface area (Å²) in [6, 6.07) is 7.81. The lowest BCUT2D eigenvalue weighted by molar-refractivity contribution is -0.00320. The summed E-state index contributed by atoms with van der Waals surface area (Å²) < 4.78 is 57.8.